The lowest BCUT2D eigenvalue weighted by atomic mass is 10.2. The van der Waals surface area contributed by atoms with Crippen molar-refractivity contribution in [2.24, 2.45) is 0 Å². The Kier molecular flexibility index (Phi) is 4.81. The lowest BCUT2D eigenvalue weighted by molar-refractivity contribution is 0.0950. The first-order valence-electron chi connectivity index (χ1n) is 7.60. The van der Waals surface area contributed by atoms with E-state index in [-0.39, 0.29) is 11.9 Å². The smallest absolute Gasteiger partial charge is 0.322 e. The Labute approximate surface area is 140 Å². The highest BCUT2D eigenvalue weighted by Crippen LogP contribution is 2.19. The number of hydrogen-bond donors (Lipinski definition) is 1. The molecule has 0 unspecified atom stereocenters. The van der Waals surface area contributed by atoms with Crippen LogP contribution in [-0.4, -0.2) is 15.9 Å². The molecule has 2 aromatic carbocycles. The Morgan fingerprint density at radius 2 is 1.92 bits per heavy atom. The normalized spacial score (nSPS) is 10.2. The SMILES string of the molecule is Cc1ccnc(Oc2cccc(C(=O)NCc3ccccc3)c2)n1. The van der Waals surface area contributed by atoms with Gasteiger partial charge in [-0.05, 0) is 36.8 Å². The summed E-state index contributed by atoms with van der Waals surface area (Å²) in [5.41, 5.74) is 2.39. The van der Waals surface area contributed by atoms with Gasteiger partial charge in [-0.25, -0.2) is 9.97 Å². The molecule has 1 amide bonds. The van der Waals surface area contributed by atoms with Crippen LogP contribution < -0.4 is 10.1 Å². The molecule has 1 aromatic heterocycles. The third kappa shape index (κ3) is 4.16. The number of benzene rings is 2. The van der Waals surface area contributed by atoms with Gasteiger partial charge in [0.05, 0.1) is 0 Å². The number of carbonyl (C=O) groups is 1. The van der Waals surface area contributed by atoms with Crippen LogP contribution in [0.15, 0.2) is 66.9 Å². The van der Waals surface area contributed by atoms with Crippen molar-refractivity contribution < 1.29 is 9.53 Å². The predicted molar refractivity (Wildman–Crippen MR) is 90.9 cm³/mol. The van der Waals surface area contributed by atoms with Crippen LogP contribution in [0.1, 0.15) is 21.6 Å². The average molecular weight is 319 g/mol. The fourth-order valence-electron chi connectivity index (χ4n) is 2.16. The summed E-state index contributed by atoms with van der Waals surface area (Å²) in [5, 5.41) is 2.89. The second-order valence-electron chi connectivity index (χ2n) is 5.28. The Hall–Kier alpha value is -3.21. The Balaban J connectivity index is 1.67. The van der Waals surface area contributed by atoms with Gasteiger partial charge in [-0.2, -0.15) is 0 Å². The van der Waals surface area contributed by atoms with Crippen molar-refractivity contribution in [3.05, 3.63) is 83.7 Å². The highest BCUT2D eigenvalue weighted by atomic mass is 16.5. The van der Waals surface area contributed by atoms with Crippen LogP contribution >= 0.6 is 0 Å². The zero-order valence-corrected chi connectivity index (χ0v) is 13.3. The number of aryl methyl sites for hydroxylation is 1. The third-order valence-electron chi connectivity index (χ3n) is 3.37. The molecule has 0 aliphatic carbocycles. The molecule has 0 radical (unpaired) electrons. The minimum absolute atomic E-state index is 0.158. The largest absolute Gasteiger partial charge is 0.424 e. The maximum Gasteiger partial charge on any atom is 0.322 e. The van der Waals surface area contributed by atoms with E-state index in [1.54, 1.807) is 36.5 Å². The van der Waals surface area contributed by atoms with Gasteiger partial charge in [-0.3, -0.25) is 4.79 Å². The van der Waals surface area contributed by atoms with Gasteiger partial charge in [0.2, 0.25) is 0 Å². The number of amides is 1. The van der Waals surface area contributed by atoms with Crippen molar-refractivity contribution in [3.8, 4) is 11.8 Å². The summed E-state index contributed by atoms with van der Waals surface area (Å²) in [4.78, 5) is 20.5. The van der Waals surface area contributed by atoms with Gasteiger partial charge < -0.3 is 10.1 Å². The highest BCUT2D eigenvalue weighted by molar-refractivity contribution is 5.94. The minimum atomic E-state index is -0.158. The highest BCUT2D eigenvalue weighted by Gasteiger charge is 2.08. The maximum atomic E-state index is 12.3. The molecule has 3 aromatic rings. The zero-order chi connectivity index (χ0) is 16.8. The van der Waals surface area contributed by atoms with Crippen LogP contribution in [0.5, 0.6) is 11.8 Å². The topological polar surface area (TPSA) is 64.1 Å². The van der Waals surface area contributed by atoms with Gasteiger partial charge in [-0.1, -0.05) is 36.4 Å². The van der Waals surface area contributed by atoms with E-state index in [0.717, 1.165) is 11.3 Å². The van der Waals surface area contributed by atoms with E-state index < -0.39 is 0 Å². The summed E-state index contributed by atoms with van der Waals surface area (Å²) in [6.07, 6.45) is 1.63. The van der Waals surface area contributed by atoms with E-state index in [4.69, 9.17) is 4.74 Å². The third-order valence-corrected chi connectivity index (χ3v) is 3.37. The summed E-state index contributed by atoms with van der Waals surface area (Å²) in [7, 11) is 0. The molecule has 0 saturated carbocycles. The Morgan fingerprint density at radius 1 is 1.08 bits per heavy atom. The molecule has 120 valence electrons. The number of nitrogens with one attached hydrogen (secondary N) is 1. The van der Waals surface area contributed by atoms with Gasteiger partial charge >= 0.3 is 6.01 Å². The van der Waals surface area contributed by atoms with Crippen LogP contribution in [0.2, 0.25) is 0 Å². The first-order valence-corrected chi connectivity index (χ1v) is 7.60. The quantitative estimate of drug-likeness (QED) is 0.781. The summed E-state index contributed by atoms with van der Waals surface area (Å²) >= 11 is 0. The van der Waals surface area contributed by atoms with Crippen molar-refractivity contribution in [1.82, 2.24) is 15.3 Å². The van der Waals surface area contributed by atoms with E-state index in [1.165, 1.54) is 0 Å². The number of ether oxygens (including phenoxy) is 1. The summed E-state index contributed by atoms with van der Waals surface area (Å²) in [5.74, 6) is 0.363. The van der Waals surface area contributed by atoms with Crippen LogP contribution in [0.4, 0.5) is 0 Å². The number of hydrogen-bond acceptors (Lipinski definition) is 4. The van der Waals surface area contributed by atoms with Crippen LogP contribution in [0.25, 0.3) is 0 Å². The van der Waals surface area contributed by atoms with Gasteiger partial charge in [0.1, 0.15) is 5.75 Å². The molecule has 1 N–H and O–H groups in total. The van der Waals surface area contributed by atoms with Crippen molar-refractivity contribution >= 4 is 5.91 Å². The van der Waals surface area contributed by atoms with Crippen molar-refractivity contribution in [2.75, 3.05) is 0 Å². The molecule has 0 bridgehead atoms. The Morgan fingerprint density at radius 3 is 2.71 bits per heavy atom. The molecule has 0 spiro atoms. The van der Waals surface area contributed by atoms with Crippen LogP contribution in [-0.2, 0) is 6.54 Å². The van der Waals surface area contributed by atoms with Gasteiger partial charge in [-0.15, -0.1) is 0 Å². The number of aromatic nitrogens is 2. The van der Waals surface area contributed by atoms with Crippen LogP contribution in [0, 0.1) is 6.92 Å². The lowest BCUT2D eigenvalue weighted by Crippen LogP contribution is -2.22. The fraction of sp³-hybridized carbons (Fsp3) is 0.105. The average Bonchev–Trinajstić information content (AvgIpc) is 2.61. The molecule has 5 nitrogen and oxygen atoms in total. The molecule has 0 aliphatic heterocycles. The van der Waals surface area contributed by atoms with E-state index in [2.05, 4.69) is 15.3 Å². The molecule has 0 aliphatic rings. The molecule has 5 heteroatoms. The zero-order valence-electron chi connectivity index (χ0n) is 13.3. The van der Waals surface area contributed by atoms with E-state index in [0.29, 0.717) is 17.9 Å². The van der Waals surface area contributed by atoms with Gasteiger partial charge in [0, 0.05) is 24.0 Å². The van der Waals surface area contributed by atoms with Crippen molar-refractivity contribution in [2.45, 2.75) is 13.5 Å². The molecule has 1 heterocycles. The summed E-state index contributed by atoms with van der Waals surface area (Å²) in [6.45, 7) is 2.34. The molecule has 0 fully saturated rings. The minimum Gasteiger partial charge on any atom is -0.424 e. The molecule has 0 saturated heterocycles. The number of rotatable bonds is 5. The molecular formula is C19H17N3O2. The molecular weight excluding hydrogens is 302 g/mol. The maximum absolute atomic E-state index is 12.3. The van der Waals surface area contributed by atoms with Crippen LogP contribution in [0.3, 0.4) is 0 Å². The standard InChI is InChI=1S/C19H17N3O2/c1-14-10-11-20-19(22-14)24-17-9-5-8-16(12-17)18(23)21-13-15-6-3-2-4-7-15/h2-12H,13H2,1H3,(H,21,23). The lowest BCUT2D eigenvalue weighted by Gasteiger charge is -2.08. The van der Waals surface area contributed by atoms with Crippen molar-refractivity contribution in [3.63, 3.8) is 0 Å². The first kappa shape index (κ1) is 15.7. The molecule has 0 atom stereocenters. The van der Waals surface area contributed by atoms with E-state index >= 15 is 0 Å². The second-order valence-corrected chi connectivity index (χ2v) is 5.28. The second kappa shape index (κ2) is 7.37. The van der Waals surface area contributed by atoms with Crippen molar-refractivity contribution in [1.29, 1.82) is 0 Å². The molecule has 3 rings (SSSR count). The molecule has 24 heavy (non-hydrogen) atoms. The Bertz CT molecular complexity index is 835. The van der Waals surface area contributed by atoms with E-state index in [9.17, 15) is 4.79 Å². The van der Waals surface area contributed by atoms with Gasteiger partial charge in [0.15, 0.2) is 0 Å². The number of carbonyl (C=O) groups excluding carboxylic acids is 1. The summed E-state index contributed by atoms with van der Waals surface area (Å²) < 4.78 is 5.61. The predicted octanol–water partition coefficient (Wildman–Crippen LogP) is 3.51. The monoisotopic (exact) mass is 319 g/mol. The summed E-state index contributed by atoms with van der Waals surface area (Å²) in [6, 6.07) is 18.8. The van der Waals surface area contributed by atoms with E-state index in [1.807, 2.05) is 37.3 Å². The fourth-order valence-corrected chi connectivity index (χ4v) is 2.16. The first-order chi connectivity index (χ1) is 11.7. The number of nitrogens with zero attached hydrogens (tertiary/aromatic N) is 2. The van der Waals surface area contributed by atoms with Gasteiger partial charge in [0.25, 0.3) is 5.91 Å².